The highest BCUT2D eigenvalue weighted by Crippen LogP contribution is 2.27. The van der Waals surface area contributed by atoms with Gasteiger partial charge in [-0.2, -0.15) is 5.10 Å². The van der Waals surface area contributed by atoms with Crippen molar-refractivity contribution in [2.75, 3.05) is 0 Å². The zero-order chi connectivity index (χ0) is 12.9. The molecule has 4 heteroatoms. The van der Waals surface area contributed by atoms with Crippen molar-refractivity contribution >= 4 is 5.70 Å². The summed E-state index contributed by atoms with van der Waals surface area (Å²) in [6.07, 6.45) is 7.87. The molecule has 0 aromatic carbocycles. The Balaban J connectivity index is 2.91. The smallest absolute Gasteiger partial charge is 0.138 e. The van der Waals surface area contributed by atoms with E-state index in [4.69, 9.17) is 0 Å². The molecule has 0 aliphatic carbocycles. The van der Waals surface area contributed by atoms with E-state index >= 15 is 0 Å². The van der Waals surface area contributed by atoms with Crippen molar-refractivity contribution in [2.45, 2.75) is 53.1 Å². The van der Waals surface area contributed by atoms with Crippen molar-refractivity contribution in [2.24, 2.45) is 5.41 Å². The molecule has 96 valence electrons. The van der Waals surface area contributed by atoms with Gasteiger partial charge in [0.15, 0.2) is 0 Å². The minimum Gasteiger partial charge on any atom is -0.386 e. The van der Waals surface area contributed by atoms with Crippen LogP contribution in [-0.2, 0) is 0 Å². The fraction of sp³-hybridized carbons (Fsp3) is 0.692. The van der Waals surface area contributed by atoms with Gasteiger partial charge in [0, 0.05) is 0 Å². The number of rotatable bonds is 5. The van der Waals surface area contributed by atoms with Crippen LogP contribution in [0.3, 0.4) is 0 Å². The van der Waals surface area contributed by atoms with Gasteiger partial charge in [0.1, 0.15) is 18.8 Å². The fourth-order valence-corrected chi connectivity index (χ4v) is 1.57. The van der Waals surface area contributed by atoms with Crippen molar-refractivity contribution in [1.82, 2.24) is 14.8 Å². The number of nitrogens with zero attached hydrogens (tertiary/aromatic N) is 3. The first-order valence-corrected chi connectivity index (χ1v) is 6.20. The SMILES string of the molecule is CCCCC=C(C(O)C(C)(C)C)n1cncn1. The minimum atomic E-state index is -0.541. The third kappa shape index (κ3) is 3.97. The third-order valence-electron chi connectivity index (χ3n) is 2.69. The molecule has 1 N–H and O–H groups in total. The number of aliphatic hydroxyl groups excluding tert-OH is 1. The molecule has 0 fully saturated rings. The molecular weight excluding hydrogens is 214 g/mol. The van der Waals surface area contributed by atoms with E-state index in [0.29, 0.717) is 0 Å². The zero-order valence-electron chi connectivity index (χ0n) is 11.2. The molecule has 1 rings (SSSR count). The van der Waals surface area contributed by atoms with E-state index in [1.165, 1.54) is 6.33 Å². The van der Waals surface area contributed by atoms with Gasteiger partial charge in [0.2, 0.25) is 0 Å². The largest absolute Gasteiger partial charge is 0.386 e. The van der Waals surface area contributed by atoms with Crippen molar-refractivity contribution in [3.63, 3.8) is 0 Å². The van der Waals surface area contributed by atoms with Crippen LogP contribution in [0.15, 0.2) is 18.7 Å². The Bertz CT molecular complexity index is 349. The van der Waals surface area contributed by atoms with Gasteiger partial charge in [0.05, 0.1) is 5.70 Å². The van der Waals surface area contributed by atoms with Gasteiger partial charge in [-0.3, -0.25) is 0 Å². The van der Waals surface area contributed by atoms with Crippen molar-refractivity contribution in [3.05, 3.63) is 18.7 Å². The summed E-state index contributed by atoms with van der Waals surface area (Å²) in [7, 11) is 0. The van der Waals surface area contributed by atoms with Crippen LogP contribution < -0.4 is 0 Å². The van der Waals surface area contributed by atoms with Gasteiger partial charge in [-0.05, 0) is 11.8 Å². The first kappa shape index (κ1) is 13.9. The predicted octanol–water partition coefficient (Wildman–Crippen LogP) is 2.72. The molecule has 0 aliphatic heterocycles. The van der Waals surface area contributed by atoms with Gasteiger partial charge in [-0.1, -0.05) is 46.6 Å². The summed E-state index contributed by atoms with van der Waals surface area (Å²) in [6, 6.07) is 0. The Hall–Kier alpha value is -1.16. The van der Waals surface area contributed by atoms with Crippen LogP contribution in [0.2, 0.25) is 0 Å². The molecular formula is C13H23N3O. The molecule has 4 nitrogen and oxygen atoms in total. The first-order chi connectivity index (χ1) is 7.96. The number of hydrogen-bond donors (Lipinski definition) is 1. The highest BCUT2D eigenvalue weighted by Gasteiger charge is 2.27. The molecule has 1 heterocycles. The quantitative estimate of drug-likeness (QED) is 0.801. The lowest BCUT2D eigenvalue weighted by atomic mass is 9.87. The van der Waals surface area contributed by atoms with E-state index in [1.54, 1.807) is 11.0 Å². The second-order valence-corrected chi connectivity index (χ2v) is 5.38. The maximum atomic E-state index is 10.4. The molecule has 0 radical (unpaired) electrons. The van der Waals surface area contributed by atoms with Gasteiger partial charge < -0.3 is 5.11 Å². The molecule has 1 atom stereocenters. The molecule has 0 bridgehead atoms. The molecule has 0 spiro atoms. The second kappa shape index (κ2) is 5.96. The van der Waals surface area contributed by atoms with Crippen LogP contribution in [0, 0.1) is 5.41 Å². The number of aromatic nitrogens is 3. The Kier molecular flexibility index (Phi) is 4.87. The predicted molar refractivity (Wildman–Crippen MR) is 69.3 cm³/mol. The molecule has 1 unspecified atom stereocenters. The van der Waals surface area contributed by atoms with Crippen LogP contribution in [0.1, 0.15) is 47.0 Å². The minimum absolute atomic E-state index is 0.204. The van der Waals surface area contributed by atoms with E-state index < -0.39 is 6.10 Å². The van der Waals surface area contributed by atoms with Crippen molar-refractivity contribution in [3.8, 4) is 0 Å². The summed E-state index contributed by atoms with van der Waals surface area (Å²) in [5.74, 6) is 0. The lowest BCUT2D eigenvalue weighted by Crippen LogP contribution is -2.29. The summed E-state index contributed by atoms with van der Waals surface area (Å²) in [5.41, 5.74) is 0.618. The average molecular weight is 237 g/mol. The number of unbranched alkanes of at least 4 members (excludes halogenated alkanes) is 2. The standard InChI is InChI=1S/C13H23N3O/c1-5-6-7-8-11(12(17)13(2,3)4)16-10-14-9-15-16/h8-10,12,17H,5-7H2,1-4H3. The monoisotopic (exact) mass is 237 g/mol. The number of hydrogen-bond acceptors (Lipinski definition) is 3. The highest BCUT2D eigenvalue weighted by atomic mass is 16.3. The summed E-state index contributed by atoms with van der Waals surface area (Å²) in [4.78, 5) is 3.94. The van der Waals surface area contributed by atoms with Crippen molar-refractivity contribution < 1.29 is 5.11 Å². The Morgan fingerprint density at radius 1 is 1.47 bits per heavy atom. The van der Waals surface area contributed by atoms with E-state index in [0.717, 1.165) is 25.0 Å². The molecule has 0 amide bonds. The maximum Gasteiger partial charge on any atom is 0.138 e. The van der Waals surface area contributed by atoms with E-state index in [2.05, 4.69) is 23.1 Å². The average Bonchev–Trinajstić information content (AvgIpc) is 2.75. The fourth-order valence-electron chi connectivity index (χ4n) is 1.57. The van der Waals surface area contributed by atoms with Crippen LogP contribution >= 0.6 is 0 Å². The van der Waals surface area contributed by atoms with Gasteiger partial charge in [-0.15, -0.1) is 0 Å². The summed E-state index contributed by atoms with van der Waals surface area (Å²) in [5, 5.41) is 14.5. The molecule has 17 heavy (non-hydrogen) atoms. The third-order valence-corrected chi connectivity index (χ3v) is 2.69. The Labute approximate surface area is 103 Å². The first-order valence-electron chi connectivity index (χ1n) is 6.20. The molecule has 0 aliphatic rings. The summed E-state index contributed by atoms with van der Waals surface area (Å²) in [6.45, 7) is 8.20. The summed E-state index contributed by atoms with van der Waals surface area (Å²) >= 11 is 0. The van der Waals surface area contributed by atoms with E-state index in [1.807, 2.05) is 20.8 Å². The normalized spacial score (nSPS) is 15.0. The zero-order valence-corrected chi connectivity index (χ0v) is 11.2. The maximum absolute atomic E-state index is 10.4. The lowest BCUT2D eigenvalue weighted by molar-refractivity contribution is 0.108. The van der Waals surface area contributed by atoms with Gasteiger partial charge in [-0.25, -0.2) is 9.67 Å². The summed E-state index contributed by atoms with van der Waals surface area (Å²) < 4.78 is 1.66. The van der Waals surface area contributed by atoms with Crippen molar-refractivity contribution in [1.29, 1.82) is 0 Å². The Morgan fingerprint density at radius 2 is 2.18 bits per heavy atom. The number of aliphatic hydroxyl groups is 1. The lowest BCUT2D eigenvalue weighted by Gasteiger charge is -2.27. The molecule has 0 saturated heterocycles. The molecule has 1 aromatic heterocycles. The molecule has 0 saturated carbocycles. The van der Waals surface area contributed by atoms with Crippen LogP contribution in [0.4, 0.5) is 0 Å². The van der Waals surface area contributed by atoms with E-state index in [-0.39, 0.29) is 5.41 Å². The molecule has 1 aromatic rings. The Morgan fingerprint density at radius 3 is 2.65 bits per heavy atom. The van der Waals surface area contributed by atoms with Gasteiger partial charge >= 0.3 is 0 Å². The topological polar surface area (TPSA) is 50.9 Å². The van der Waals surface area contributed by atoms with Crippen LogP contribution in [0.25, 0.3) is 5.70 Å². The second-order valence-electron chi connectivity index (χ2n) is 5.38. The van der Waals surface area contributed by atoms with Crippen LogP contribution in [-0.4, -0.2) is 26.0 Å². The van der Waals surface area contributed by atoms with Gasteiger partial charge in [0.25, 0.3) is 0 Å². The van der Waals surface area contributed by atoms with Crippen LogP contribution in [0.5, 0.6) is 0 Å². The van der Waals surface area contributed by atoms with E-state index in [9.17, 15) is 5.11 Å². The number of allylic oxidation sites excluding steroid dienone is 1. The highest BCUT2D eigenvalue weighted by molar-refractivity contribution is 5.49.